The first-order valence-corrected chi connectivity index (χ1v) is 12.6. The summed E-state index contributed by atoms with van der Waals surface area (Å²) >= 11 is 1.87. The number of thiophene rings is 1. The Balaban J connectivity index is 1.47. The lowest BCUT2D eigenvalue weighted by Crippen LogP contribution is -2.43. The zero-order valence-electron chi connectivity index (χ0n) is 19.4. The van der Waals surface area contributed by atoms with Crippen LogP contribution in [0.25, 0.3) is 0 Å². The molecule has 168 valence electrons. The van der Waals surface area contributed by atoms with Crippen LogP contribution in [0.5, 0.6) is 0 Å². The van der Waals surface area contributed by atoms with E-state index in [1.807, 2.05) is 23.7 Å². The lowest BCUT2D eigenvalue weighted by Gasteiger charge is -2.43. The number of aryl methyl sites for hydroxylation is 2. The van der Waals surface area contributed by atoms with Gasteiger partial charge in [-0.05, 0) is 93.3 Å². The maximum atomic E-state index is 6.58. The third-order valence-corrected chi connectivity index (χ3v) is 8.62. The average Bonchev–Trinajstić information content (AvgIpc) is 3.49. The number of hydrogen-bond acceptors (Lipinski definition) is 5. The molecule has 5 rings (SSSR count). The summed E-state index contributed by atoms with van der Waals surface area (Å²) in [4.78, 5) is 13.1. The first kappa shape index (κ1) is 21.7. The molecule has 4 nitrogen and oxygen atoms in total. The molecule has 0 bridgehead atoms. The van der Waals surface area contributed by atoms with Gasteiger partial charge in [-0.15, -0.1) is 11.3 Å². The Labute approximate surface area is 195 Å². The van der Waals surface area contributed by atoms with Crippen molar-refractivity contribution in [2.24, 2.45) is 5.41 Å². The minimum atomic E-state index is -0.0683. The molecule has 0 aliphatic carbocycles. The van der Waals surface area contributed by atoms with Crippen molar-refractivity contribution in [3.63, 3.8) is 0 Å². The second kappa shape index (κ2) is 8.69. The highest BCUT2D eigenvalue weighted by Gasteiger charge is 2.50. The van der Waals surface area contributed by atoms with Crippen LogP contribution in [-0.2, 0) is 23.1 Å². The summed E-state index contributed by atoms with van der Waals surface area (Å²) in [5.41, 5.74) is 5.09. The lowest BCUT2D eigenvalue weighted by molar-refractivity contribution is -0.0562. The van der Waals surface area contributed by atoms with E-state index in [1.54, 1.807) is 0 Å². The molecule has 0 spiro atoms. The smallest absolute Gasteiger partial charge is 0.0897 e. The molecule has 2 aliphatic rings. The number of hydrogen-bond donors (Lipinski definition) is 0. The number of aromatic nitrogens is 2. The van der Waals surface area contributed by atoms with Gasteiger partial charge in [-0.3, -0.25) is 14.9 Å². The molecule has 32 heavy (non-hydrogen) atoms. The number of ether oxygens (including phenoxy) is 1. The van der Waals surface area contributed by atoms with Gasteiger partial charge >= 0.3 is 0 Å². The second-order valence-corrected chi connectivity index (χ2v) is 11.0. The zero-order chi connectivity index (χ0) is 22.2. The Hall–Kier alpha value is -2.08. The first-order valence-electron chi connectivity index (χ1n) is 11.7. The van der Waals surface area contributed by atoms with Gasteiger partial charge in [0.1, 0.15) is 0 Å². The van der Waals surface area contributed by atoms with E-state index in [2.05, 4.69) is 77.5 Å². The van der Waals surface area contributed by atoms with Crippen LogP contribution in [0.1, 0.15) is 60.1 Å². The Bertz CT molecular complexity index is 1050. The monoisotopic (exact) mass is 447 g/mol. The molecular weight excluding hydrogens is 414 g/mol. The summed E-state index contributed by atoms with van der Waals surface area (Å²) in [6.07, 6.45) is 10.5. The molecule has 5 heterocycles. The van der Waals surface area contributed by atoms with Gasteiger partial charge in [-0.2, -0.15) is 0 Å². The Morgan fingerprint density at radius 1 is 1.22 bits per heavy atom. The van der Waals surface area contributed by atoms with Crippen LogP contribution < -0.4 is 0 Å². The van der Waals surface area contributed by atoms with E-state index in [0.717, 1.165) is 51.1 Å². The van der Waals surface area contributed by atoms with E-state index >= 15 is 0 Å². The maximum absolute atomic E-state index is 6.58. The van der Waals surface area contributed by atoms with Crippen molar-refractivity contribution >= 4 is 11.3 Å². The maximum Gasteiger partial charge on any atom is 0.0897 e. The fourth-order valence-electron chi connectivity index (χ4n) is 5.55. The van der Waals surface area contributed by atoms with Gasteiger partial charge in [0.15, 0.2) is 0 Å². The minimum Gasteiger partial charge on any atom is -0.373 e. The van der Waals surface area contributed by atoms with Gasteiger partial charge in [-0.25, -0.2) is 0 Å². The van der Waals surface area contributed by atoms with Gasteiger partial charge in [0.2, 0.25) is 0 Å². The molecular formula is C27H33N3OS. The van der Waals surface area contributed by atoms with Crippen LogP contribution in [0, 0.1) is 12.3 Å². The quantitative estimate of drug-likeness (QED) is 0.484. The molecule has 3 aromatic heterocycles. The van der Waals surface area contributed by atoms with Gasteiger partial charge in [0.05, 0.1) is 12.7 Å². The van der Waals surface area contributed by atoms with Gasteiger partial charge in [-0.1, -0.05) is 12.1 Å². The molecule has 0 saturated carbocycles. The summed E-state index contributed by atoms with van der Waals surface area (Å²) in [7, 11) is 0. The third-order valence-electron chi connectivity index (χ3n) is 7.68. The summed E-state index contributed by atoms with van der Waals surface area (Å²) < 4.78 is 6.58. The lowest BCUT2D eigenvalue weighted by atomic mass is 9.72. The summed E-state index contributed by atoms with van der Waals surface area (Å²) in [6, 6.07) is 11.0. The van der Waals surface area contributed by atoms with Crippen molar-refractivity contribution in [2.45, 2.75) is 58.1 Å². The Morgan fingerprint density at radius 3 is 2.91 bits per heavy atom. The minimum absolute atomic E-state index is 0.0683. The summed E-state index contributed by atoms with van der Waals surface area (Å²) in [5, 5.41) is 2.19. The Morgan fingerprint density at radius 2 is 2.12 bits per heavy atom. The summed E-state index contributed by atoms with van der Waals surface area (Å²) in [5.74, 6) is 0. The molecule has 2 aliphatic heterocycles. The highest BCUT2D eigenvalue weighted by molar-refractivity contribution is 7.09. The Kier molecular flexibility index (Phi) is 5.91. The van der Waals surface area contributed by atoms with Gasteiger partial charge in [0.25, 0.3) is 0 Å². The van der Waals surface area contributed by atoms with Crippen LogP contribution in [0.15, 0.2) is 54.3 Å². The van der Waals surface area contributed by atoms with Crippen molar-refractivity contribution < 1.29 is 4.74 Å². The van der Waals surface area contributed by atoms with E-state index in [9.17, 15) is 0 Å². The standard InChI is InChI=1S/C27H33N3OS/c1-20-6-7-22(18-29-20)26(2,3)30-14-12-27(19-30,11-8-23-5-4-16-32-23)25-24-9-13-28-17-21(24)10-15-31-25/h4-7,9,13,16-18,25H,8,10-12,14-15,19H2,1-3H3/t25?,27-/m1/s1. The fourth-order valence-corrected chi connectivity index (χ4v) is 6.26. The van der Waals surface area contributed by atoms with Crippen molar-refractivity contribution in [1.82, 2.24) is 14.9 Å². The topological polar surface area (TPSA) is 38.2 Å². The molecule has 0 N–H and O–H groups in total. The molecule has 0 radical (unpaired) electrons. The third kappa shape index (κ3) is 4.02. The number of fused-ring (bicyclic) bond motifs is 1. The van der Waals surface area contributed by atoms with E-state index in [1.165, 1.54) is 21.6 Å². The highest BCUT2D eigenvalue weighted by atomic mass is 32.1. The second-order valence-electron chi connectivity index (χ2n) is 9.94. The van der Waals surface area contributed by atoms with Crippen molar-refractivity contribution in [3.05, 3.63) is 81.6 Å². The fraction of sp³-hybridized carbons (Fsp3) is 0.481. The van der Waals surface area contributed by atoms with Crippen molar-refractivity contribution in [1.29, 1.82) is 0 Å². The molecule has 1 unspecified atom stereocenters. The molecule has 1 saturated heterocycles. The average molecular weight is 448 g/mol. The molecule has 2 atom stereocenters. The molecule has 1 fully saturated rings. The number of rotatable bonds is 6. The van der Waals surface area contributed by atoms with Gasteiger partial charge in [0, 0.05) is 46.7 Å². The summed E-state index contributed by atoms with van der Waals surface area (Å²) in [6.45, 7) is 9.63. The molecule has 3 aromatic rings. The largest absolute Gasteiger partial charge is 0.373 e. The van der Waals surface area contributed by atoms with E-state index in [-0.39, 0.29) is 17.1 Å². The number of pyridine rings is 2. The molecule has 0 amide bonds. The van der Waals surface area contributed by atoms with Crippen LogP contribution in [0.2, 0.25) is 0 Å². The molecule has 5 heteroatoms. The van der Waals surface area contributed by atoms with E-state index < -0.39 is 0 Å². The van der Waals surface area contributed by atoms with Crippen LogP contribution in [0.4, 0.5) is 0 Å². The van der Waals surface area contributed by atoms with Gasteiger partial charge < -0.3 is 4.74 Å². The molecule has 0 aromatic carbocycles. The zero-order valence-corrected chi connectivity index (χ0v) is 20.2. The predicted molar refractivity (Wildman–Crippen MR) is 130 cm³/mol. The number of likely N-dealkylation sites (tertiary alicyclic amines) is 1. The van der Waals surface area contributed by atoms with Crippen LogP contribution in [0.3, 0.4) is 0 Å². The number of nitrogens with zero attached hydrogens (tertiary/aromatic N) is 3. The van der Waals surface area contributed by atoms with Crippen LogP contribution >= 0.6 is 11.3 Å². The van der Waals surface area contributed by atoms with Crippen LogP contribution in [-0.4, -0.2) is 34.6 Å². The van der Waals surface area contributed by atoms with E-state index in [4.69, 9.17) is 4.74 Å². The SMILES string of the molecule is Cc1ccc(C(C)(C)N2CC[C@@](CCc3cccs3)(C3OCCc4cnccc43)C2)cn1. The van der Waals surface area contributed by atoms with E-state index in [0.29, 0.717) is 0 Å². The van der Waals surface area contributed by atoms with Crippen molar-refractivity contribution in [3.8, 4) is 0 Å². The highest BCUT2D eigenvalue weighted by Crippen LogP contribution is 2.52. The normalized spacial score (nSPS) is 23.9. The van der Waals surface area contributed by atoms with Crippen molar-refractivity contribution in [2.75, 3.05) is 19.7 Å². The first-order chi connectivity index (χ1) is 15.5. The predicted octanol–water partition coefficient (Wildman–Crippen LogP) is 5.72.